The number of rotatable bonds is 10. The van der Waals surface area contributed by atoms with Gasteiger partial charge in [0.05, 0.1) is 13.2 Å². The summed E-state index contributed by atoms with van der Waals surface area (Å²) < 4.78 is 22.3. The summed E-state index contributed by atoms with van der Waals surface area (Å²) in [6, 6.07) is 5.88. The maximum atomic E-state index is 5.83. The van der Waals surface area contributed by atoms with Gasteiger partial charge in [0.2, 0.25) is 6.79 Å². The van der Waals surface area contributed by atoms with Crippen molar-refractivity contribution in [1.29, 1.82) is 0 Å². The van der Waals surface area contributed by atoms with Crippen LogP contribution in [0.15, 0.2) is 18.2 Å². The molecule has 2 rings (SSSR count). The normalized spacial score (nSPS) is 15.8. The molecule has 4 heteroatoms. The van der Waals surface area contributed by atoms with Gasteiger partial charge in [-0.2, -0.15) is 0 Å². The van der Waals surface area contributed by atoms with Crippen molar-refractivity contribution in [2.75, 3.05) is 13.4 Å². The van der Waals surface area contributed by atoms with Gasteiger partial charge in [-0.25, -0.2) is 0 Å². The van der Waals surface area contributed by atoms with Crippen LogP contribution in [0.25, 0.3) is 0 Å². The fraction of sp³-hybridized carbons (Fsp3) is 0.667. The van der Waals surface area contributed by atoms with E-state index in [0.29, 0.717) is 19.3 Å². The van der Waals surface area contributed by atoms with E-state index in [2.05, 4.69) is 13.8 Å². The molecule has 0 spiro atoms. The predicted octanol–water partition coefficient (Wildman–Crippen LogP) is 4.51. The zero-order chi connectivity index (χ0) is 15.8. The summed E-state index contributed by atoms with van der Waals surface area (Å²) in [4.78, 5) is 0. The second-order valence-corrected chi connectivity index (χ2v) is 5.82. The van der Waals surface area contributed by atoms with Crippen molar-refractivity contribution in [2.45, 2.75) is 59.4 Å². The largest absolute Gasteiger partial charge is 0.454 e. The van der Waals surface area contributed by atoms with Crippen LogP contribution in [-0.4, -0.2) is 19.7 Å². The molecule has 0 fully saturated rings. The molecule has 0 radical (unpaired) electrons. The quantitative estimate of drug-likeness (QED) is 0.596. The van der Waals surface area contributed by atoms with Crippen LogP contribution in [0.4, 0.5) is 0 Å². The molecule has 0 amide bonds. The first-order valence-corrected chi connectivity index (χ1v) is 8.34. The molecule has 1 aliphatic rings. The Hall–Kier alpha value is -1.26. The minimum Gasteiger partial charge on any atom is -0.454 e. The van der Waals surface area contributed by atoms with E-state index in [1.165, 1.54) is 19.3 Å². The van der Waals surface area contributed by atoms with E-state index in [0.717, 1.165) is 30.1 Å². The van der Waals surface area contributed by atoms with Gasteiger partial charge in [0.25, 0.3) is 0 Å². The lowest BCUT2D eigenvalue weighted by atomic mass is 10.0. The van der Waals surface area contributed by atoms with E-state index >= 15 is 0 Å². The molecule has 0 aliphatic carbocycles. The maximum Gasteiger partial charge on any atom is 0.231 e. The van der Waals surface area contributed by atoms with Gasteiger partial charge in [0.1, 0.15) is 0 Å². The second kappa shape index (κ2) is 9.01. The molecule has 22 heavy (non-hydrogen) atoms. The van der Waals surface area contributed by atoms with Crippen molar-refractivity contribution in [3.05, 3.63) is 23.8 Å². The third-order valence-electron chi connectivity index (χ3n) is 4.03. The number of hydrogen-bond acceptors (Lipinski definition) is 4. The maximum absolute atomic E-state index is 5.83. The molecule has 0 saturated heterocycles. The molecule has 0 aromatic heterocycles. The highest BCUT2D eigenvalue weighted by molar-refractivity contribution is 5.44. The van der Waals surface area contributed by atoms with Gasteiger partial charge in [0, 0.05) is 0 Å². The predicted molar refractivity (Wildman–Crippen MR) is 86.1 cm³/mol. The van der Waals surface area contributed by atoms with Gasteiger partial charge in [-0.3, -0.25) is 0 Å². The Morgan fingerprint density at radius 3 is 2.73 bits per heavy atom. The molecule has 0 bridgehead atoms. The molecule has 1 aromatic carbocycles. The lowest BCUT2D eigenvalue weighted by Gasteiger charge is -2.19. The van der Waals surface area contributed by atoms with Gasteiger partial charge in [0.15, 0.2) is 17.8 Å². The Bertz CT molecular complexity index is 447. The van der Waals surface area contributed by atoms with Crippen LogP contribution in [0.2, 0.25) is 0 Å². The van der Waals surface area contributed by atoms with E-state index in [9.17, 15) is 0 Å². The van der Waals surface area contributed by atoms with Gasteiger partial charge in [-0.1, -0.05) is 39.2 Å². The van der Waals surface area contributed by atoms with Crippen LogP contribution in [0.5, 0.6) is 11.5 Å². The number of ether oxygens (including phenoxy) is 4. The smallest absolute Gasteiger partial charge is 0.231 e. The minimum absolute atomic E-state index is 0.193. The van der Waals surface area contributed by atoms with Crippen molar-refractivity contribution in [2.24, 2.45) is 5.92 Å². The standard InChI is InChI=1S/C18H28O4/c1-4-6-7-15(5-2)11-19-14(3)20-12-16-8-9-17-18(10-16)22-13-21-17/h8-10,14-15H,4-7,11-13H2,1-3H3/t14-,15+/m0/s1. The SMILES string of the molecule is CCCC[C@@H](CC)CO[C@H](C)OCc1ccc2c(c1)OCO2. The van der Waals surface area contributed by atoms with Gasteiger partial charge >= 0.3 is 0 Å². The van der Waals surface area contributed by atoms with Gasteiger partial charge in [-0.05, 0) is 37.0 Å². The van der Waals surface area contributed by atoms with Crippen LogP contribution < -0.4 is 9.47 Å². The molecule has 1 aliphatic heterocycles. The molecular formula is C18H28O4. The van der Waals surface area contributed by atoms with E-state index in [-0.39, 0.29) is 6.29 Å². The zero-order valence-corrected chi connectivity index (χ0v) is 14.0. The number of benzene rings is 1. The van der Waals surface area contributed by atoms with Crippen molar-refractivity contribution < 1.29 is 18.9 Å². The van der Waals surface area contributed by atoms with Crippen LogP contribution in [0.1, 0.15) is 52.0 Å². The molecule has 0 N–H and O–H groups in total. The number of unbranched alkanes of at least 4 members (excludes halogenated alkanes) is 1. The summed E-state index contributed by atoms with van der Waals surface area (Å²) in [7, 11) is 0. The van der Waals surface area contributed by atoms with Crippen LogP contribution in [0, 0.1) is 5.92 Å². The molecule has 0 unspecified atom stereocenters. The van der Waals surface area contributed by atoms with Crippen LogP contribution in [0.3, 0.4) is 0 Å². The van der Waals surface area contributed by atoms with Crippen LogP contribution in [-0.2, 0) is 16.1 Å². The third-order valence-corrected chi connectivity index (χ3v) is 4.03. The summed E-state index contributed by atoms with van der Waals surface area (Å²) >= 11 is 0. The Balaban J connectivity index is 1.69. The highest BCUT2D eigenvalue weighted by atomic mass is 16.7. The molecule has 2 atom stereocenters. The fourth-order valence-electron chi connectivity index (χ4n) is 2.46. The molecule has 1 aromatic rings. The number of fused-ring (bicyclic) bond motifs is 1. The first-order valence-electron chi connectivity index (χ1n) is 8.34. The molecule has 4 nitrogen and oxygen atoms in total. The summed E-state index contributed by atoms with van der Waals surface area (Å²) in [5.41, 5.74) is 1.07. The second-order valence-electron chi connectivity index (χ2n) is 5.82. The fourth-order valence-corrected chi connectivity index (χ4v) is 2.46. The molecule has 124 valence electrons. The van der Waals surface area contributed by atoms with E-state index in [4.69, 9.17) is 18.9 Å². The van der Waals surface area contributed by atoms with Crippen molar-refractivity contribution >= 4 is 0 Å². The average Bonchev–Trinajstić information content (AvgIpc) is 3.00. The molecule has 0 saturated carbocycles. The monoisotopic (exact) mass is 308 g/mol. The zero-order valence-electron chi connectivity index (χ0n) is 14.0. The Morgan fingerprint density at radius 2 is 1.95 bits per heavy atom. The Morgan fingerprint density at radius 1 is 1.14 bits per heavy atom. The van der Waals surface area contributed by atoms with Crippen molar-refractivity contribution in [3.8, 4) is 11.5 Å². The summed E-state index contributed by atoms with van der Waals surface area (Å²) in [6.07, 6.45) is 4.72. The first-order chi connectivity index (χ1) is 10.7. The summed E-state index contributed by atoms with van der Waals surface area (Å²) in [6.45, 7) is 8.00. The molecular weight excluding hydrogens is 280 g/mol. The summed E-state index contributed by atoms with van der Waals surface area (Å²) in [5.74, 6) is 2.23. The van der Waals surface area contributed by atoms with E-state index in [1.54, 1.807) is 0 Å². The lowest BCUT2D eigenvalue weighted by molar-refractivity contribution is -0.146. The third kappa shape index (κ3) is 5.18. The molecule has 1 heterocycles. The van der Waals surface area contributed by atoms with Crippen molar-refractivity contribution in [3.63, 3.8) is 0 Å². The van der Waals surface area contributed by atoms with Crippen molar-refractivity contribution in [1.82, 2.24) is 0 Å². The minimum atomic E-state index is -0.193. The van der Waals surface area contributed by atoms with E-state index in [1.807, 2.05) is 25.1 Å². The highest BCUT2D eigenvalue weighted by Gasteiger charge is 2.14. The van der Waals surface area contributed by atoms with Crippen LogP contribution >= 0.6 is 0 Å². The highest BCUT2D eigenvalue weighted by Crippen LogP contribution is 2.32. The average molecular weight is 308 g/mol. The Kier molecular flexibility index (Phi) is 7.00. The summed E-state index contributed by atoms with van der Waals surface area (Å²) in [5, 5.41) is 0. The first kappa shape index (κ1) is 17.1. The Labute approximate surface area is 133 Å². The van der Waals surface area contributed by atoms with Gasteiger partial charge in [-0.15, -0.1) is 0 Å². The van der Waals surface area contributed by atoms with Gasteiger partial charge < -0.3 is 18.9 Å². The lowest BCUT2D eigenvalue weighted by Crippen LogP contribution is -2.18. The number of hydrogen-bond donors (Lipinski definition) is 0. The topological polar surface area (TPSA) is 36.9 Å². The van der Waals surface area contributed by atoms with E-state index < -0.39 is 0 Å².